The van der Waals surface area contributed by atoms with E-state index < -0.39 is 29.1 Å². The summed E-state index contributed by atoms with van der Waals surface area (Å²) in [5.74, 6) is -2.68. The van der Waals surface area contributed by atoms with Crippen LogP contribution in [0.1, 0.15) is 28.9 Å². The van der Waals surface area contributed by atoms with Gasteiger partial charge in [0.2, 0.25) is 5.88 Å². The number of carbonyl (C=O) groups is 2. The van der Waals surface area contributed by atoms with Gasteiger partial charge in [-0.1, -0.05) is 25.1 Å². The molecule has 4 rings (SSSR count). The topological polar surface area (TPSA) is 103 Å². The first kappa shape index (κ1) is 26.8. The van der Waals surface area contributed by atoms with Gasteiger partial charge in [0, 0.05) is 24.2 Å². The van der Waals surface area contributed by atoms with Crippen LogP contribution in [0.4, 0.5) is 8.78 Å². The number of ether oxygens (including phenoxy) is 1. The van der Waals surface area contributed by atoms with Gasteiger partial charge in [-0.3, -0.25) is 23.8 Å². The molecule has 2 aromatic carbocycles. The van der Waals surface area contributed by atoms with Crippen molar-refractivity contribution in [2.45, 2.75) is 27.0 Å². The highest BCUT2D eigenvalue weighted by molar-refractivity contribution is 6.31. The molecule has 1 N–H and O–H groups in total. The number of hydrogen-bond acceptors (Lipinski definition) is 6. The first-order valence-electron chi connectivity index (χ1n) is 10.3. The van der Waals surface area contributed by atoms with Crippen molar-refractivity contribution in [3.8, 4) is 11.6 Å². The Morgan fingerprint density at radius 1 is 1.25 bits per heavy atom. The molecule has 0 unspecified atom stereocenters. The molecule has 0 aliphatic carbocycles. The van der Waals surface area contributed by atoms with Crippen LogP contribution in [0.2, 0.25) is 5.02 Å². The second-order valence-electron chi connectivity index (χ2n) is 7.72. The molecule has 1 aliphatic heterocycles. The van der Waals surface area contributed by atoms with E-state index in [-0.39, 0.29) is 48.6 Å². The molecular weight excluding hydrogens is 498 g/mol. The lowest BCUT2D eigenvalue weighted by Crippen LogP contribution is -2.42. The normalized spacial score (nSPS) is 15.0. The van der Waals surface area contributed by atoms with Gasteiger partial charge in [-0.15, -0.1) is 0 Å². The molecular formula is C24H23ClF2N4O5. The number of benzene rings is 2. The summed E-state index contributed by atoms with van der Waals surface area (Å²) in [5, 5.41) is 3.28. The third kappa shape index (κ3) is 5.37. The van der Waals surface area contributed by atoms with Gasteiger partial charge in [-0.2, -0.15) is 0 Å². The van der Waals surface area contributed by atoms with E-state index >= 15 is 0 Å². The maximum atomic E-state index is 13.8. The van der Waals surface area contributed by atoms with Gasteiger partial charge in [-0.05, 0) is 36.8 Å². The van der Waals surface area contributed by atoms with Gasteiger partial charge in [0.1, 0.15) is 37.2 Å². The number of amides is 2. The monoisotopic (exact) mass is 520 g/mol. The van der Waals surface area contributed by atoms with Crippen LogP contribution in [0.3, 0.4) is 0 Å². The fourth-order valence-corrected chi connectivity index (χ4v) is 3.56. The fourth-order valence-electron chi connectivity index (χ4n) is 3.37. The van der Waals surface area contributed by atoms with E-state index in [2.05, 4.69) is 10.3 Å². The molecule has 12 heteroatoms. The van der Waals surface area contributed by atoms with Crippen molar-refractivity contribution in [3.05, 3.63) is 86.4 Å². The molecule has 2 heterocycles. The third-order valence-corrected chi connectivity index (χ3v) is 5.67. The van der Waals surface area contributed by atoms with Gasteiger partial charge >= 0.3 is 0 Å². The molecule has 9 nitrogen and oxygen atoms in total. The number of likely N-dealkylation sites (N-methyl/N-ethyl adjacent to an activating group) is 1. The SMILES string of the molecule is C.Cc1ccc(C(=O)N[C@@H]2CON(C)C2=O)cc1-n1cnc(OCc2ccc(F)cc2F)c(Cl)c1=O. The molecule has 0 saturated carbocycles. The van der Waals surface area contributed by atoms with Gasteiger partial charge in [-0.25, -0.2) is 18.8 Å². The minimum absolute atomic E-state index is 0. The van der Waals surface area contributed by atoms with Crippen molar-refractivity contribution < 1.29 is 27.9 Å². The van der Waals surface area contributed by atoms with E-state index in [1.54, 1.807) is 19.1 Å². The predicted molar refractivity (Wildman–Crippen MR) is 127 cm³/mol. The number of nitrogens with one attached hydrogen (secondary N) is 1. The predicted octanol–water partition coefficient (Wildman–Crippen LogP) is 3.19. The Labute approximate surface area is 210 Å². The summed E-state index contributed by atoms with van der Waals surface area (Å²) in [6.07, 6.45) is 1.16. The summed E-state index contributed by atoms with van der Waals surface area (Å²) in [5.41, 5.74) is 0.546. The molecule has 36 heavy (non-hydrogen) atoms. The summed E-state index contributed by atoms with van der Waals surface area (Å²) in [6, 6.07) is 6.82. The summed E-state index contributed by atoms with van der Waals surface area (Å²) < 4.78 is 33.4. The van der Waals surface area contributed by atoms with Gasteiger partial charge in [0.15, 0.2) is 5.02 Å². The summed E-state index contributed by atoms with van der Waals surface area (Å²) >= 11 is 6.17. The van der Waals surface area contributed by atoms with Crippen molar-refractivity contribution in [2.24, 2.45) is 0 Å². The first-order valence-corrected chi connectivity index (χ1v) is 10.7. The van der Waals surface area contributed by atoms with Crippen LogP contribution >= 0.6 is 11.6 Å². The van der Waals surface area contributed by atoms with Crippen LogP contribution < -0.4 is 15.6 Å². The minimum Gasteiger partial charge on any atom is -0.471 e. The van der Waals surface area contributed by atoms with Crippen LogP contribution in [-0.2, 0) is 16.2 Å². The zero-order valence-corrected chi connectivity index (χ0v) is 19.3. The van der Waals surface area contributed by atoms with Crippen molar-refractivity contribution in [3.63, 3.8) is 0 Å². The Kier molecular flexibility index (Phi) is 8.06. The van der Waals surface area contributed by atoms with Crippen molar-refractivity contribution >= 4 is 23.4 Å². The van der Waals surface area contributed by atoms with Crippen LogP contribution in [0.5, 0.6) is 5.88 Å². The Balaban J connectivity index is 0.00000361. The maximum absolute atomic E-state index is 13.8. The smallest absolute Gasteiger partial charge is 0.280 e. The van der Waals surface area contributed by atoms with Crippen molar-refractivity contribution in [2.75, 3.05) is 13.7 Å². The van der Waals surface area contributed by atoms with E-state index in [1.165, 1.54) is 19.2 Å². The lowest BCUT2D eigenvalue weighted by atomic mass is 10.1. The highest BCUT2D eigenvalue weighted by atomic mass is 35.5. The van der Waals surface area contributed by atoms with E-state index in [9.17, 15) is 23.2 Å². The Morgan fingerprint density at radius 2 is 2.00 bits per heavy atom. The molecule has 190 valence electrons. The number of aromatic nitrogens is 2. The van der Waals surface area contributed by atoms with Gasteiger partial charge in [0.25, 0.3) is 17.4 Å². The van der Waals surface area contributed by atoms with Gasteiger partial charge < -0.3 is 10.1 Å². The van der Waals surface area contributed by atoms with Crippen LogP contribution in [0, 0.1) is 18.6 Å². The Hall–Kier alpha value is -3.83. The molecule has 0 bridgehead atoms. The molecule has 3 aromatic rings. The number of aryl methyl sites for hydroxylation is 1. The molecule has 2 amide bonds. The quantitative estimate of drug-likeness (QED) is 0.535. The molecule has 1 saturated heterocycles. The van der Waals surface area contributed by atoms with Crippen LogP contribution in [0.25, 0.3) is 5.69 Å². The molecule has 0 radical (unpaired) electrons. The lowest BCUT2D eigenvalue weighted by molar-refractivity contribution is -0.154. The van der Waals surface area contributed by atoms with Crippen LogP contribution in [-0.4, -0.2) is 46.1 Å². The molecule has 1 fully saturated rings. The minimum atomic E-state index is -0.821. The first-order chi connectivity index (χ1) is 16.7. The zero-order chi connectivity index (χ0) is 25.3. The summed E-state index contributed by atoms with van der Waals surface area (Å²) in [6.45, 7) is 1.42. The second-order valence-corrected chi connectivity index (χ2v) is 8.10. The molecule has 1 atom stereocenters. The van der Waals surface area contributed by atoms with E-state index in [0.29, 0.717) is 17.3 Å². The largest absolute Gasteiger partial charge is 0.471 e. The van der Waals surface area contributed by atoms with E-state index in [4.69, 9.17) is 21.2 Å². The number of rotatable bonds is 6. The van der Waals surface area contributed by atoms with E-state index in [1.807, 2.05) is 0 Å². The average molecular weight is 521 g/mol. The Bertz CT molecular complexity index is 1380. The average Bonchev–Trinajstić information content (AvgIpc) is 3.13. The van der Waals surface area contributed by atoms with Crippen molar-refractivity contribution in [1.82, 2.24) is 19.9 Å². The number of hydroxylamine groups is 2. The molecule has 0 spiro atoms. The third-order valence-electron chi connectivity index (χ3n) is 5.34. The number of carbonyl (C=O) groups excluding carboxylic acids is 2. The maximum Gasteiger partial charge on any atom is 0.280 e. The highest BCUT2D eigenvalue weighted by Crippen LogP contribution is 2.22. The summed E-state index contributed by atoms with van der Waals surface area (Å²) in [4.78, 5) is 46.7. The van der Waals surface area contributed by atoms with Gasteiger partial charge in [0.05, 0.1) is 5.69 Å². The fraction of sp³-hybridized carbons (Fsp3) is 0.250. The molecule has 1 aromatic heterocycles. The summed E-state index contributed by atoms with van der Waals surface area (Å²) in [7, 11) is 1.45. The number of halogens is 3. The van der Waals surface area contributed by atoms with Crippen LogP contribution in [0.15, 0.2) is 47.5 Å². The second kappa shape index (κ2) is 10.8. The Morgan fingerprint density at radius 3 is 2.67 bits per heavy atom. The highest BCUT2D eigenvalue weighted by Gasteiger charge is 2.32. The molecule has 1 aliphatic rings. The standard InChI is InChI=1S/C23H19ClF2N4O5.CH4/c1-12-3-4-13(20(31)28-17-10-35-29(2)22(17)32)7-18(12)30-11-27-21(19(24)23(30)33)34-9-14-5-6-15(25)8-16(14)26;/h3-8,11,17H,9-10H2,1-2H3,(H,28,31);1H4/t17-;/m1./s1. The number of nitrogens with zero attached hydrogens (tertiary/aromatic N) is 3. The number of hydrogen-bond donors (Lipinski definition) is 1. The lowest BCUT2D eigenvalue weighted by Gasteiger charge is -2.14. The van der Waals surface area contributed by atoms with E-state index in [0.717, 1.165) is 22.0 Å². The van der Waals surface area contributed by atoms with Crippen molar-refractivity contribution in [1.29, 1.82) is 0 Å². The zero-order valence-electron chi connectivity index (χ0n) is 18.5.